The molecule has 0 unspecified atom stereocenters. The average Bonchev–Trinajstić information content (AvgIpc) is 2.90. The Labute approximate surface area is 230 Å². The molecular weight excluding hydrogens is 550 g/mol. The lowest BCUT2D eigenvalue weighted by atomic mass is 10.1. The molecule has 0 saturated heterocycles. The summed E-state index contributed by atoms with van der Waals surface area (Å²) in [6.45, 7) is 3.70. The fourth-order valence-electron chi connectivity index (χ4n) is 3.92. The number of nitrogens with one attached hydrogen (secondary N) is 1. The maximum Gasteiger partial charge on any atom is 0.416 e. The Morgan fingerprint density at radius 2 is 1.62 bits per heavy atom. The molecule has 0 fully saturated rings. The number of likely N-dealkylation sites (N-methyl/N-ethyl adjacent to an activating group) is 1. The zero-order valence-electron chi connectivity index (χ0n) is 22.1. The summed E-state index contributed by atoms with van der Waals surface area (Å²) in [7, 11) is -4.56. The summed E-state index contributed by atoms with van der Waals surface area (Å²) >= 11 is 0. The van der Waals surface area contributed by atoms with Gasteiger partial charge in [-0.3, -0.25) is 13.9 Å². The second-order valence-corrected chi connectivity index (χ2v) is 10.9. The third-order valence-electron chi connectivity index (χ3n) is 6.17. The number of carbonyl (C=O) groups excluding carboxylic acids is 2. The monoisotopic (exact) mass is 579 g/mol. The Hall–Kier alpha value is -3.93. The normalized spacial score (nSPS) is 12.5. The topological polar surface area (TPSA) is 86.8 Å². The van der Waals surface area contributed by atoms with Crippen molar-refractivity contribution in [3.63, 3.8) is 0 Å². The average molecular weight is 580 g/mol. The van der Waals surface area contributed by atoms with Gasteiger partial charge in [-0.1, -0.05) is 42.0 Å². The van der Waals surface area contributed by atoms with E-state index >= 15 is 0 Å². The molecule has 0 heterocycles. The van der Waals surface area contributed by atoms with Crippen LogP contribution in [-0.2, 0) is 32.3 Å². The van der Waals surface area contributed by atoms with Gasteiger partial charge in [-0.05, 0) is 57.2 Å². The minimum atomic E-state index is -4.77. The largest absolute Gasteiger partial charge is 0.416 e. The molecule has 0 aliphatic rings. The van der Waals surface area contributed by atoms with Crippen molar-refractivity contribution in [2.24, 2.45) is 0 Å². The van der Waals surface area contributed by atoms with Crippen LogP contribution in [0.1, 0.15) is 30.5 Å². The molecule has 0 radical (unpaired) electrons. The van der Waals surface area contributed by atoms with E-state index in [1.807, 2.05) is 0 Å². The van der Waals surface area contributed by atoms with Crippen LogP contribution in [0.5, 0.6) is 0 Å². The van der Waals surface area contributed by atoms with Gasteiger partial charge in [0.2, 0.25) is 11.8 Å². The third-order valence-corrected chi connectivity index (χ3v) is 7.95. The molecule has 0 bridgehead atoms. The van der Waals surface area contributed by atoms with Crippen molar-refractivity contribution < 1.29 is 35.6 Å². The number of amides is 2. The Morgan fingerprint density at radius 1 is 0.975 bits per heavy atom. The van der Waals surface area contributed by atoms with Gasteiger partial charge < -0.3 is 10.2 Å². The Balaban J connectivity index is 2.10. The number of aryl methyl sites for hydroxylation is 1. The van der Waals surface area contributed by atoms with Crippen molar-refractivity contribution in [1.82, 2.24) is 10.2 Å². The van der Waals surface area contributed by atoms with Crippen LogP contribution in [0, 0.1) is 12.7 Å². The summed E-state index contributed by atoms with van der Waals surface area (Å²) in [5, 5.41) is 2.57. The molecule has 0 aliphatic heterocycles. The van der Waals surface area contributed by atoms with Gasteiger partial charge in [0.15, 0.2) is 0 Å². The van der Waals surface area contributed by atoms with Crippen LogP contribution in [0.4, 0.5) is 23.2 Å². The van der Waals surface area contributed by atoms with E-state index in [2.05, 4.69) is 5.32 Å². The fraction of sp³-hybridized carbons (Fsp3) is 0.286. The number of hydrogen-bond acceptors (Lipinski definition) is 4. The van der Waals surface area contributed by atoms with Crippen LogP contribution >= 0.6 is 0 Å². The van der Waals surface area contributed by atoms with Crippen LogP contribution in [0.3, 0.4) is 0 Å². The van der Waals surface area contributed by atoms with Crippen molar-refractivity contribution in [2.45, 2.75) is 44.4 Å². The van der Waals surface area contributed by atoms with E-state index in [0.717, 1.165) is 28.7 Å². The van der Waals surface area contributed by atoms with Gasteiger partial charge in [0, 0.05) is 18.7 Å². The smallest absolute Gasteiger partial charge is 0.355 e. The number of carbonyl (C=O) groups is 2. The molecule has 1 N–H and O–H groups in total. The van der Waals surface area contributed by atoms with Gasteiger partial charge in [0.05, 0.1) is 16.1 Å². The van der Waals surface area contributed by atoms with Crippen LogP contribution in [-0.4, -0.2) is 44.3 Å². The van der Waals surface area contributed by atoms with Gasteiger partial charge in [0.1, 0.15) is 18.4 Å². The predicted molar refractivity (Wildman–Crippen MR) is 142 cm³/mol. The van der Waals surface area contributed by atoms with Crippen LogP contribution in [0.25, 0.3) is 0 Å². The van der Waals surface area contributed by atoms with Gasteiger partial charge >= 0.3 is 6.18 Å². The maximum atomic E-state index is 14.5. The molecule has 7 nitrogen and oxygen atoms in total. The first kappa shape index (κ1) is 30.6. The maximum absolute atomic E-state index is 14.5. The number of anilines is 1. The highest BCUT2D eigenvalue weighted by atomic mass is 32.2. The van der Waals surface area contributed by atoms with E-state index in [-0.39, 0.29) is 23.5 Å². The molecular formula is C28H29F4N3O4S. The van der Waals surface area contributed by atoms with Gasteiger partial charge in [-0.25, -0.2) is 12.8 Å². The summed E-state index contributed by atoms with van der Waals surface area (Å²) in [4.78, 5) is 27.1. The first-order valence-corrected chi connectivity index (χ1v) is 13.8. The highest BCUT2D eigenvalue weighted by Crippen LogP contribution is 2.33. The summed E-state index contributed by atoms with van der Waals surface area (Å²) in [5.74, 6) is -2.14. The predicted octanol–water partition coefficient (Wildman–Crippen LogP) is 4.90. The number of alkyl halides is 3. The Kier molecular flexibility index (Phi) is 9.56. The first-order valence-electron chi connectivity index (χ1n) is 12.3. The lowest BCUT2D eigenvalue weighted by molar-refractivity contribution is -0.139. The molecule has 0 aliphatic carbocycles. The lowest BCUT2D eigenvalue weighted by Gasteiger charge is -2.32. The van der Waals surface area contributed by atoms with Crippen molar-refractivity contribution in [3.05, 3.63) is 95.3 Å². The van der Waals surface area contributed by atoms with Gasteiger partial charge in [0.25, 0.3) is 10.0 Å². The molecule has 2 amide bonds. The molecule has 1 atom stereocenters. The molecule has 0 saturated carbocycles. The number of sulfonamides is 1. The molecule has 3 rings (SSSR count). The summed E-state index contributed by atoms with van der Waals surface area (Å²) in [6.07, 6.45) is -4.77. The lowest BCUT2D eigenvalue weighted by Crippen LogP contribution is -2.51. The van der Waals surface area contributed by atoms with E-state index in [0.29, 0.717) is 10.4 Å². The van der Waals surface area contributed by atoms with Gasteiger partial charge in [-0.15, -0.1) is 0 Å². The number of hydrogen-bond donors (Lipinski definition) is 1. The van der Waals surface area contributed by atoms with Crippen molar-refractivity contribution in [1.29, 1.82) is 0 Å². The quantitative estimate of drug-likeness (QED) is 0.346. The molecule has 0 spiro atoms. The first-order chi connectivity index (χ1) is 18.8. The van der Waals surface area contributed by atoms with Crippen molar-refractivity contribution >= 4 is 27.5 Å². The minimum Gasteiger partial charge on any atom is -0.355 e. The van der Waals surface area contributed by atoms with Crippen LogP contribution in [0.2, 0.25) is 0 Å². The highest BCUT2D eigenvalue weighted by Gasteiger charge is 2.35. The summed E-state index contributed by atoms with van der Waals surface area (Å²) in [6, 6.07) is 13.6. The van der Waals surface area contributed by atoms with E-state index in [1.165, 1.54) is 55.5 Å². The molecule has 3 aromatic rings. The van der Waals surface area contributed by atoms with Gasteiger partial charge in [-0.2, -0.15) is 13.2 Å². The van der Waals surface area contributed by atoms with E-state index < -0.39 is 57.7 Å². The molecule has 214 valence electrons. The Morgan fingerprint density at radius 3 is 2.23 bits per heavy atom. The van der Waals surface area contributed by atoms with E-state index in [4.69, 9.17) is 0 Å². The number of nitrogens with zero attached hydrogens (tertiary/aromatic N) is 2. The molecule has 40 heavy (non-hydrogen) atoms. The zero-order chi connectivity index (χ0) is 29.7. The van der Waals surface area contributed by atoms with E-state index in [1.54, 1.807) is 13.8 Å². The molecule has 12 heteroatoms. The summed E-state index contributed by atoms with van der Waals surface area (Å²) in [5.41, 5.74) is -0.702. The molecule has 0 aromatic heterocycles. The van der Waals surface area contributed by atoms with Crippen molar-refractivity contribution in [3.8, 4) is 0 Å². The standard InChI is InChI=1S/C28H29F4N3O4S/c1-4-33-27(37)20(3)34(17-21-8-5-6-11-25(21)29)26(36)18-35(23-10-7-9-22(16-23)28(30,31)32)40(38,39)24-14-12-19(2)13-15-24/h5-16,20H,4,17-18H2,1-3H3,(H,33,37)/t20-/m1/s1. The highest BCUT2D eigenvalue weighted by molar-refractivity contribution is 7.92. The number of halogens is 4. The Bertz CT molecular complexity index is 1460. The number of rotatable bonds is 10. The van der Waals surface area contributed by atoms with Crippen LogP contribution < -0.4 is 9.62 Å². The second-order valence-electron chi connectivity index (χ2n) is 9.06. The van der Waals surface area contributed by atoms with Crippen molar-refractivity contribution in [2.75, 3.05) is 17.4 Å². The zero-order valence-corrected chi connectivity index (χ0v) is 22.9. The fourth-order valence-corrected chi connectivity index (χ4v) is 5.32. The SMILES string of the molecule is CCNC(=O)[C@@H](C)N(Cc1ccccc1F)C(=O)CN(c1cccc(C(F)(F)F)c1)S(=O)(=O)c1ccc(C)cc1. The molecule has 3 aromatic carbocycles. The summed E-state index contributed by atoms with van der Waals surface area (Å²) < 4.78 is 83.0. The number of benzene rings is 3. The van der Waals surface area contributed by atoms with E-state index in [9.17, 15) is 35.6 Å². The van der Waals surface area contributed by atoms with Crippen LogP contribution in [0.15, 0.2) is 77.7 Å². The third kappa shape index (κ3) is 7.17. The second kappa shape index (κ2) is 12.5. The minimum absolute atomic E-state index is 0.0685.